The molecule has 0 spiro atoms. The number of halogens is 4. The first-order chi connectivity index (χ1) is 11.6. The summed E-state index contributed by atoms with van der Waals surface area (Å²) in [7, 11) is 0. The molecular weight excluding hydrogens is 346 g/mol. The maximum Gasteiger partial charge on any atom is 0.440 e. The number of carbonyl (C=O) groups excluding carboxylic acids is 3. The van der Waals surface area contributed by atoms with Gasteiger partial charge in [0.05, 0.1) is 0 Å². The van der Waals surface area contributed by atoms with Crippen molar-refractivity contribution in [2.75, 3.05) is 6.54 Å². The van der Waals surface area contributed by atoms with Crippen molar-refractivity contribution < 1.29 is 31.9 Å². The van der Waals surface area contributed by atoms with Crippen LogP contribution >= 0.6 is 0 Å². The zero-order valence-electron chi connectivity index (χ0n) is 13.1. The van der Waals surface area contributed by atoms with Crippen molar-refractivity contribution in [3.63, 3.8) is 0 Å². The van der Waals surface area contributed by atoms with Gasteiger partial charge < -0.3 is 5.32 Å². The summed E-state index contributed by atoms with van der Waals surface area (Å²) in [6.07, 6.45) is -4.40. The molecule has 1 atom stereocenters. The second-order valence-electron chi connectivity index (χ2n) is 5.45. The van der Waals surface area contributed by atoms with Crippen molar-refractivity contribution in [1.29, 1.82) is 0 Å². The highest BCUT2D eigenvalue weighted by Crippen LogP contribution is 2.34. The summed E-state index contributed by atoms with van der Waals surface area (Å²) in [5, 5.41) is 3.08. The van der Waals surface area contributed by atoms with Crippen LogP contribution in [0.1, 0.15) is 30.1 Å². The van der Waals surface area contributed by atoms with Gasteiger partial charge in [-0.1, -0.05) is 13.3 Å². The van der Waals surface area contributed by atoms with E-state index in [0.29, 0.717) is 17.7 Å². The second-order valence-corrected chi connectivity index (χ2v) is 5.45. The summed E-state index contributed by atoms with van der Waals surface area (Å²) in [5.74, 6) is -3.56. The quantitative estimate of drug-likeness (QED) is 0.623. The minimum atomic E-state index is -5.27. The zero-order valence-corrected chi connectivity index (χ0v) is 13.1. The molecule has 1 aromatic rings. The number of urea groups is 1. The lowest BCUT2D eigenvalue weighted by molar-refractivity contribution is -0.200. The number of rotatable bonds is 5. The third kappa shape index (κ3) is 3.42. The number of carbonyl (C=O) groups is 3. The summed E-state index contributed by atoms with van der Waals surface area (Å²) in [6.45, 7) is 1.54. The third-order valence-electron chi connectivity index (χ3n) is 3.67. The van der Waals surface area contributed by atoms with Crippen LogP contribution < -0.4 is 10.6 Å². The van der Waals surface area contributed by atoms with E-state index in [1.54, 1.807) is 12.2 Å². The van der Waals surface area contributed by atoms with Crippen LogP contribution in [0.15, 0.2) is 24.3 Å². The summed E-state index contributed by atoms with van der Waals surface area (Å²) >= 11 is 0. The Kier molecular flexibility index (Phi) is 5.00. The average molecular weight is 361 g/mol. The SMILES string of the molecule is CCCCN1C(=O)N[C@@](NC(=O)c2ccc(F)cc2)(C(F)(F)F)C1=O. The zero-order chi connectivity index (χ0) is 18.8. The summed E-state index contributed by atoms with van der Waals surface area (Å²) < 4.78 is 53.5. The molecule has 136 valence electrons. The van der Waals surface area contributed by atoms with Gasteiger partial charge in [-0.05, 0) is 30.7 Å². The Morgan fingerprint density at radius 3 is 2.36 bits per heavy atom. The third-order valence-corrected chi connectivity index (χ3v) is 3.67. The lowest BCUT2D eigenvalue weighted by Gasteiger charge is -2.29. The fraction of sp³-hybridized carbons (Fsp3) is 0.400. The van der Waals surface area contributed by atoms with Crippen LogP contribution in [0.4, 0.5) is 22.4 Å². The van der Waals surface area contributed by atoms with Crippen molar-refractivity contribution in [2.24, 2.45) is 0 Å². The molecule has 2 rings (SSSR count). The molecule has 0 saturated carbocycles. The molecule has 1 saturated heterocycles. The smallest absolute Gasteiger partial charge is 0.314 e. The van der Waals surface area contributed by atoms with Gasteiger partial charge in [-0.2, -0.15) is 13.2 Å². The average Bonchev–Trinajstić information content (AvgIpc) is 2.77. The Balaban J connectivity index is 2.33. The fourth-order valence-corrected chi connectivity index (χ4v) is 2.29. The Labute approximate surface area is 140 Å². The van der Waals surface area contributed by atoms with E-state index in [1.807, 2.05) is 0 Å². The highest BCUT2D eigenvalue weighted by atomic mass is 19.4. The van der Waals surface area contributed by atoms with Crippen molar-refractivity contribution in [2.45, 2.75) is 31.6 Å². The van der Waals surface area contributed by atoms with Crippen LogP contribution in [-0.4, -0.2) is 41.1 Å². The number of benzene rings is 1. The molecule has 10 heteroatoms. The van der Waals surface area contributed by atoms with Gasteiger partial charge in [0.15, 0.2) is 0 Å². The van der Waals surface area contributed by atoms with E-state index in [4.69, 9.17) is 0 Å². The van der Waals surface area contributed by atoms with Crippen LogP contribution in [0.3, 0.4) is 0 Å². The highest BCUT2D eigenvalue weighted by molar-refractivity contribution is 6.10. The number of nitrogens with one attached hydrogen (secondary N) is 2. The van der Waals surface area contributed by atoms with E-state index in [2.05, 4.69) is 0 Å². The van der Waals surface area contributed by atoms with Crippen molar-refractivity contribution >= 4 is 17.8 Å². The molecular formula is C15H15F4N3O3. The molecule has 1 heterocycles. The van der Waals surface area contributed by atoms with Gasteiger partial charge in [0.2, 0.25) is 0 Å². The van der Waals surface area contributed by atoms with Crippen LogP contribution in [0.25, 0.3) is 0 Å². The van der Waals surface area contributed by atoms with Gasteiger partial charge in [-0.25, -0.2) is 9.18 Å². The lowest BCUT2D eigenvalue weighted by Crippen LogP contribution is -2.69. The number of amides is 4. The topological polar surface area (TPSA) is 78.5 Å². The van der Waals surface area contributed by atoms with E-state index < -0.39 is 35.5 Å². The maximum atomic E-state index is 13.5. The monoisotopic (exact) mass is 361 g/mol. The van der Waals surface area contributed by atoms with Crippen LogP contribution in [0.5, 0.6) is 0 Å². The van der Waals surface area contributed by atoms with Gasteiger partial charge in [0.25, 0.3) is 17.5 Å². The molecule has 2 N–H and O–H groups in total. The second kappa shape index (κ2) is 6.69. The number of nitrogens with zero attached hydrogens (tertiary/aromatic N) is 1. The Morgan fingerprint density at radius 2 is 1.84 bits per heavy atom. The first-order valence-electron chi connectivity index (χ1n) is 7.41. The molecule has 4 amide bonds. The molecule has 1 aromatic carbocycles. The van der Waals surface area contributed by atoms with Crippen LogP contribution in [0, 0.1) is 5.82 Å². The molecule has 25 heavy (non-hydrogen) atoms. The first-order valence-corrected chi connectivity index (χ1v) is 7.41. The molecule has 0 radical (unpaired) electrons. The van der Waals surface area contributed by atoms with E-state index in [1.165, 1.54) is 5.32 Å². The van der Waals surface area contributed by atoms with Gasteiger partial charge in [0.1, 0.15) is 5.82 Å². The summed E-state index contributed by atoms with van der Waals surface area (Å²) in [4.78, 5) is 36.6. The van der Waals surface area contributed by atoms with Crippen LogP contribution in [-0.2, 0) is 4.79 Å². The van der Waals surface area contributed by atoms with Gasteiger partial charge in [-0.3, -0.25) is 19.8 Å². The largest absolute Gasteiger partial charge is 0.440 e. The number of hydrogen-bond donors (Lipinski definition) is 2. The Morgan fingerprint density at radius 1 is 1.24 bits per heavy atom. The van der Waals surface area contributed by atoms with E-state index in [9.17, 15) is 31.9 Å². The number of alkyl halides is 3. The molecule has 0 aliphatic carbocycles. The summed E-state index contributed by atoms with van der Waals surface area (Å²) in [6, 6.07) is 2.46. The standard InChI is InChI=1S/C15H15F4N3O3/c1-2-3-8-22-12(24)14(15(17,18)19,21-13(22)25)20-11(23)9-4-6-10(16)7-5-9/h4-7H,2-3,8H2,1H3,(H,20,23)(H,21,25)/t14-/m1/s1. The van der Waals surface area contributed by atoms with Crippen molar-refractivity contribution in [1.82, 2.24) is 15.5 Å². The van der Waals surface area contributed by atoms with Gasteiger partial charge in [-0.15, -0.1) is 0 Å². The van der Waals surface area contributed by atoms with Crippen molar-refractivity contribution in [3.8, 4) is 0 Å². The van der Waals surface area contributed by atoms with E-state index >= 15 is 0 Å². The number of imide groups is 1. The Bertz CT molecular complexity index is 690. The molecule has 0 aromatic heterocycles. The molecule has 0 bridgehead atoms. The molecule has 6 nitrogen and oxygen atoms in total. The van der Waals surface area contributed by atoms with Crippen molar-refractivity contribution in [3.05, 3.63) is 35.6 Å². The first kappa shape index (κ1) is 18.7. The molecule has 0 unspecified atom stereocenters. The predicted molar refractivity (Wildman–Crippen MR) is 77.8 cm³/mol. The lowest BCUT2D eigenvalue weighted by atomic mass is 10.1. The maximum absolute atomic E-state index is 13.5. The number of hydrogen-bond acceptors (Lipinski definition) is 3. The minimum absolute atomic E-state index is 0.203. The molecule has 1 aliphatic heterocycles. The van der Waals surface area contributed by atoms with E-state index in [-0.39, 0.29) is 12.1 Å². The molecule has 1 aliphatic rings. The molecule has 1 fully saturated rings. The minimum Gasteiger partial charge on any atom is -0.314 e. The summed E-state index contributed by atoms with van der Waals surface area (Å²) in [5.41, 5.74) is -3.84. The van der Waals surface area contributed by atoms with Gasteiger partial charge >= 0.3 is 12.2 Å². The number of unbranched alkanes of at least 4 members (excludes halogenated alkanes) is 1. The highest BCUT2D eigenvalue weighted by Gasteiger charge is 2.68. The van der Waals surface area contributed by atoms with Crippen LogP contribution in [0.2, 0.25) is 0 Å². The van der Waals surface area contributed by atoms with E-state index in [0.717, 1.165) is 24.3 Å². The Hall–Kier alpha value is -2.65. The fourth-order valence-electron chi connectivity index (χ4n) is 2.29. The normalized spacial score (nSPS) is 20.6. The predicted octanol–water partition coefficient (Wildman–Crippen LogP) is 2.17. The van der Waals surface area contributed by atoms with Gasteiger partial charge in [0, 0.05) is 12.1 Å².